The third kappa shape index (κ3) is 11.6. The van der Waals surface area contributed by atoms with Crippen LogP contribution >= 0.6 is 0 Å². The van der Waals surface area contributed by atoms with E-state index < -0.39 is 22.9 Å². The summed E-state index contributed by atoms with van der Waals surface area (Å²) in [6.45, 7) is -1.45. The van der Waals surface area contributed by atoms with Gasteiger partial charge in [0.05, 0.1) is 6.54 Å². The first kappa shape index (κ1) is 12.6. The molecule has 0 aromatic carbocycles. The van der Waals surface area contributed by atoms with Crippen LogP contribution in [0.2, 0.25) is 0 Å². The zero-order valence-electron chi connectivity index (χ0n) is 6.56. The monoisotopic (exact) mass is 221 g/mol. The minimum absolute atomic E-state index is 0.129. The average Bonchev–Trinajstić information content (AvgIpc) is 1.81. The average molecular weight is 221 g/mol. The van der Waals surface area contributed by atoms with E-state index in [9.17, 15) is 21.6 Å². The lowest BCUT2D eigenvalue weighted by Crippen LogP contribution is -2.38. The van der Waals surface area contributed by atoms with Crippen molar-refractivity contribution in [2.75, 3.05) is 19.6 Å². The van der Waals surface area contributed by atoms with Crippen molar-refractivity contribution in [2.24, 2.45) is 5.14 Å². The molecule has 0 unspecified atom stereocenters. The quantitative estimate of drug-likeness (QED) is 0.517. The number of alkyl halides is 3. The van der Waals surface area contributed by atoms with Gasteiger partial charge in [0.2, 0.25) is 0 Å². The van der Waals surface area contributed by atoms with E-state index in [1.54, 1.807) is 0 Å². The minimum atomic E-state index is -4.29. The standard InChI is InChI=1S/C4H10F3N3O2S/c5-4(6,7)3-9-1-2-10-13(8,11)12/h9-10H,1-3H2,(H2,8,11,12). The van der Waals surface area contributed by atoms with E-state index in [0.717, 1.165) is 0 Å². The molecular weight excluding hydrogens is 211 g/mol. The molecule has 0 saturated heterocycles. The Bertz CT molecular complexity index is 238. The van der Waals surface area contributed by atoms with Gasteiger partial charge >= 0.3 is 6.18 Å². The second-order valence-electron chi connectivity index (χ2n) is 2.23. The van der Waals surface area contributed by atoms with Crippen LogP contribution in [-0.4, -0.2) is 34.2 Å². The zero-order chi connectivity index (χ0) is 10.5. The Kier molecular flexibility index (Phi) is 4.61. The molecule has 13 heavy (non-hydrogen) atoms. The van der Waals surface area contributed by atoms with Gasteiger partial charge in [0.25, 0.3) is 10.2 Å². The Morgan fingerprint density at radius 3 is 2.15 bits per heavy atom. The number of nitrogens with two attached hydrogens (primary N) is 1. The van der Waals surface area contributed by atoms with E-state index in [0.29, 0.717) is 0 Å². The fourth-order valence-electron chi connectivity index (χ4n) is 0.512. The summed E-state index contributed by atoms with van der Waals surface area (Å²) in [4.78, 5) is 0. The topological polar surface area (TPSA) is 84.2 Å². The van der Waals surface area contributed by atoms with E-state index >= 15 is 0 Å². The summed E-state index contributed by atoms with van der Waals surface area (Å²) in [6.07, 6.45) is -4.29. The van der Waals surface area contributed by atoms with Crippen molar-refractivity contribution in [1.29, 1.82) is 0 Å². The third-order valence-corrected chi connectivity index (χ3v) is 1.54. The van der Waals surface area contributed by atoms with Crippen molar-refractivity contribution in [2.45, 2.75) is 6.18 Å². The summed E-state index contributed by atoms with van der Waals surface area (Å²) in [6, 6.07) is 0. The molecule has 0 heterocycles. The van der Waals surface area contributed by atoms with Crippen LogP contribution in [-0.2, 0) is 10.2 Å². The molecule has 0 aromatic rings. The van der Waals surface area contributed by atoms with Crippen molar-refractivity contribution in [3.63, 3.8) is 0 Å². The van der Waals surface area contributed by atoms with E-state index in [1.165, 1.54) is 0 Å². The normalized spacial score (nSPS) is 13.2. The lowest BCUT2D eigenvalue weighted by molar-refractivity contribution is -0.124. The summed E-state index contributed by atoms with van der Waals surface area (Å²) in [7, 11) is -3.81. The van der Waals surface area contributed by atoms with Gasteiger partial charge in [0.1, 0.15) is 0 Å². The van der Waals surface area contributed by atoms with Gasteiger partial charge < -0.3 is 5.32 Å². The van der Waals surface area contributed by atoms with Crippen LogP contribution in [0.1, 0.15) is 0 Å². The first-order chi connectivity index (χ1) is 5.71. The first-order valence-electron chi connectivity index (χ1n) is 3.25. The second-order valence-corrected chi connectivity index (χ2v) is 3.61. The molecule has 0 bridgehead atoms. The zero-order valence-corrected chi connectivity index (χ0v) is 7.37. The molecule has 0 aliphatic rings. The summed E-state index contributed by atoms with van der Waals surface area (Å²) in [5, 5.41) is 6.51. The molecule has 0 amide bonds. The minimum Gasteiger partial charge on any atom is -0.307 e. The number of hydrogen-bond donors (Lipinski definition) is 3. The van der Waals surface area contributed by atoms with Crippen molar-refractivity contribution in [3.8, 4) is 0 Å². The van der Waals surface area contributed by atoms with Gasteiger partial charge in [-0.15, -0.1) is 0 Å². The molecule has 0 aromatic heterocycles. The lowest BCUT2D eigenvalue weighted by atomic mass is 10.6. The molecule has 0 aliphatic heterocycles. The van der Waals surface area contributed by atoms with E-state index in [1.807, 2.05) is 10.0 Å². The van der Waals surface area contributed by atoms with Crippen LogP contribution in [0.25, 0.3) is 0 Å². The van der Waals surface area contributed by atoms with Crippen LogP contribution in [0.15, 0.2) is 0 Å². The molecule has 0 saturated carbocycles. The molecule has 9 heteroatoms. The summed E-state index contributed by atoms with van der Waals surface area (Å²) in [5.74, 6) is 0. The Hall–Kier alpha value is -0.380. The van der Waals surface area contributed by atoms with Crippen LogP contribution in [0.4, 0.5) is 13.2 Å². The van der Waals surface area contributed by atoms with Gasteiger partial charge in [-0.1, -0.05) is 0 Å². The van der Waals surface area contributed by atoms with Gasteiger partial charge in [0.15, 0.2) is 0 Å². The maximum atomic E-state index is 11.5. The fraction of sp³-hybridized carbons (Fsp3) is 1.00. The largest absolute Gasteiger partial charge is 0.401 e. The van der Waals surface area contributed by atoms with Crippen molar-refractivity contribution in [1.82, 2.24) is 10.0 Å². The maximum Gasteiger partial charge on any atom is 0.401 e. The van der Waals surface area contributed by atoms with Crippen molar-refractivity contribution < 1.29 is 21.6 Å². The Labute approximate surface area is 73.7 Å². The van der Waals surface area contributed by atoms with Gasteiger partial charge in [0, 0.05) is 13.1 Å². The van der Waals surface area contributed by atoms with Crippen LogP contribution in [0.5, 0.6) is 0 Å². The van der Waals surface area contributed by atoms with Crippen LogP contribution in [0.3, 0.4) is 0 Å². The summed E-state index contributed by atoms with van der Waals surface area (Å²) >= 11 is 0. The second kappa shape index (κ2) is 4.74. The van der Waals surface area contributed by atoms with Gasteiger partial charge in [-0.2, -0.15) is 21.6 Å². The number of rotatable bonds is 5. The van der Waals surface area contributed by atoms with E-state index in [2.05, 4.69) is 5.14 Å². The first-order valence-corrected chi connectivity index (χ1v) is 4.80. The Morgan fingerprint density at radius 1 is 1.23 bits per heavy atom. The highest BCUT2D eigenvalue weighted by Crippen LogP contribution is 2.11. The van der Waals surface area contributed by atoms with Gasteiger partial charge in [-0.05, 0) is 0 Å². The summed E-state index contributed by atoms with van der Waals surface area (Å²) in [5.41, 5.74) is 0. The van der Waals surface area contributed by atoms with Crippen LogP contribution < -0.4 is 15.2 Å². The van der Waals surface area contributed by atoms with Crippen molar-refractivity contribution >= 4 is 10.2 Å². The van der Waals surface area contributed by atoms with Gasteiger partial charge in [-0.3, -0.25) is 0 Å². The Balaban J connectivity index is 3.39. The maximum absolute atomic E-state index is 11.5. The van der Waals surface area contributed by atoms with E-state index in [-0.39, 0.29) is 13.1 Å². The lowest BCUT2D eigenvalue weighted by Gasteiger charge is -2.07. The van der Waals surface area contributed by atoms with E-state index in [4.69, 9.17) is 0 Å². The number of nitrogens with one attached hydrogen (secondary N) is 2. The molecule has 0 atom stereocenters. The highest BCUT2D eigenvalue weighted by atomic mass is 32.2. The smallest absolute Gasteiger partial charge is 0.307 e. The molecule has 4 N–H and O–H groups in total. The highest BCUT2D eigenvalue weighted by molar-refractivity contribution is 7.87. The fourth-order valence-corrected chi connectivity index (χ4v) is 0.898. The molecular formula is C4H10F3N3O2S. The third-order valence-electron chi connectivity index (χ3n) is 0.930. The van der Waals surface area contributed by atoms with Crippen molar-refractivity contribution in [3.05, 3.63) is 0 Å². The number of hydrogen-bond acceptors (Lipinski definition) is 3. The molecule has 0 radical (unpaired) electrons. The Morgan fingerprint density at radius 2 is 1.77 bits per heavy atom. The molecule has 0 aliphatic carbocycles. The SMILES string of the molecule is NS(=O)(=O)NCCNCC(F)(F)F. The summed E-state index contributed by atoms with van der Waals surface area (Å²) < 4.78 is 56.7. The molecule has 80 valence electrons. The molecule has 5 nitrogen and oxygen atoms in total. The van der Waals surface area contributed by atoms with Gasteiger partial charge in [-0.25, -0.2) is 9.86 Å². The van der Waals surface area contributed by atoms with Crippen LogP contribution in [0, 0.1) is 0 Å². The molecule has 0 fully saturated rings. The highest BCUT2D eigenvalue weighted by Gasteiger charge is 2.25. The predicted octanol–water partition coefficient (Wildman–Crippen LogP) is -1.07. The molecule has 0 rings (SSSR count). The predicted molar refractivity (Wildman–Crippen MR) is 40.0 cm³/mol. The molecule has 0 spiro atoms. The number of halogens is 3.